The largest absolute Gasteiger partial charge is 0.466 e. The molecule has 0 atom stereocenters. The molecule has 0 saturated carbocycles. The maximum absolute atomic E-state index is 12.3. The van der Waals surface area contributed by atoms with Crippen molar-refractivity contribution in [1.82, 2.24) is 9.47 Å². The van der Waals surface area contributed by atoms with E-state index in [9.17, 15) is 14.4 Å². The number of ether oxygens (including phenoxy) is 2. The van der Waals surface area contributed by atoms with Crippen molar-refractivity contribution in [3.8, 4) is 5.69 Å². The van der Waals surface area contributed by atoms with E-state index < -0.39 is 5.97 Å². The van der Waals surface area contributed by atoms with Gasteiger partial charge in [-0.05, 0) is 50.1 Å². The lowest BCUT2D eigenvalue weighted by Gasteiger charge is -2.30. The molecule has 2 aromatic rings. The van der Waals surface area contributed by atoms with Crippen molar-refractivity contribution in [3.63, 3.8) is 0 Å². The van der Waals surface area contributed by atoms with E-state index in [1.807, 2.05) is 35.2 Å². The molecular weight excluding hydrogens is 360 g/mol. The molecule has 1 aromatic heterocycles. The summed E-state index contributed by atoms with van der Waals surface area (Å²) < 4.78 is 12.1. The van der Waals surface area contributed by atoms with E-state index in [0.717, 1.165) is 5.69 Å². The molecule has 1 aliphatic rings. The topological polar surface area (TPSA) is 77.8 Å². The van der Waals surface area contributed by atoms with E-state index in [0.29, 0.717) is 38.1 Å². The van der Waals surface area contributed by atoms with Crippen LogP contribution in [0.4, 0.5) is 0 Å². The van der Waals surface area contributed by atoms with Gasteiger partial charge >= 0.3 is 11.9 Å². The van der Waals surface area contributed by atoms with Gasteiger partial charge in [-0.1, -0.05) is 6.07 Å². The summed E-state index contributed by atoms with van der Waals surface area (Å²) in [5.41, 5.74) is 1.23. The number of likely N-dealkylation sites (tertiary alicyclic amines) is 1. The molecule has 7 nitrogen and oxygen atoms in total. The highest BCUT2D eigenvalue weighted by Crippen LogP contribution is 2.19. The minimum atomic E-state index is -0.538. The number of nitrogens with zero attached hydrogens (tertiary/aromatic N) is 2. The summed E-state index contributed by atoms with van der Waals surface area (Å²) >= 11 is 0. The zero-order chi connectivity index (χ0) is 19.9. The molecule has 148 valence electrons. The lowest BCUT2D eigenvalue weighted by Crippen LogP contribution is -2.42. The van der Waals surface area contributed by atoms with Gasteiger partial charge < -0.3 is 18.9 Å². The van der Waals surface area contributed by atoms with Crippen LogP contribution in [-0.4, -0.2) is 53.6 Å². The first-order valence-electron chi connectivity index (χ1n) is 9.43. The summed E-state index contributed by atoms with van der Waals surface area (Å²) in [5.74, 6) is -1.16. The van der Waals surface area contributed by atoms with E-state index in [-0.39, 0.29) is 24.4 Å². The predicted molar refractivity (Wildman–Crippen MR) is 102 cm³/mol. The Morgan fingerprint density at radius 3 is 2.43 bits per heavy atom. The highest BCUT2D eigenvalue weighted by molar-refractivity contribution is 5.92. The Hall–Kier alpha value is -3.09. The Morgan fingerprint density at radius 2 is 1.75 bits per heavy atom. The summed E-state index contributed by atoms with van der Waals surface area (Å²) in [5, 5.41) is 0. The lowest BCUT2D eigenvalue weighted by atomic mass is 9.97. The van der Waals surface area contributed by atoms with Gasteiger partial charge in [-0.25, -0.2) is 4.79 Å². The average Bonchev–Trinajstić information content (AvgIpc) is 3.27. The number of benzene rings is 1. The monoisotopic (exact) mass is 384 g/mol. The second-order valence-electron chi connectivity index (χ2n) is 6.62. The zero-order valence-electron chi connectivity index (χ0n) is 15.9. The van der Waals surface area contributed by atoms with Gasteiger partial charge in [0.15, 0.2) is 6.61 Å². The molecule has 1 fully saturated rings. The van der Waals surface area contributed by atoms with Crippen LogP contribution >= 0.6 is 0 Å². The first-order valence-corrected chi connectivity index (χ1v) is 9.43. The fourth-order valence-electron chi connectivity index (χ4n) is 3.23. The number of amides is 1. The third-order valence-corrected chi connectivity index (χ3v) is 4.78. The van der Waals surface area contributed by atoms with Crippen LogP contribution in [0.3, 0.4) is 0 Å². The molecule has 3 rings (SSSR count). The van der Waals surface area contributed by atoms with Crippen LogP contribution in [0.15, 0.2) is 48.8 Å². The van der Waals surface area contributed by atoms with E-state index >= 15 is 0 Å². The molecule has 1 saturated heterocycles. The second-order valence-corrected chi connectivity index (χ2v) is 6.62. The van der Waals surface area contributed by atoms with Crippen molar-refractivity contribution in [1.29, 1.82) is 0 Å². The molecule has 0 aliphatic carbocycles. The van der Waals surface area contributed by atoms with Gasteiger partial charge in [0.2, 0.25) is 0 Å². The Kier molecular flexibility index (Phi) is 6.47. The summed E-state index contributed by atoms with van der Waals surface area (Å²) in [6.07, 6.45) is 4.90. The molecule has 0 N–H and O–H groups in total. The Bertz CT molecular complexity index is 823. The molecule has 28 heavy (non-hydrogen) atoms. The molecule has 2 heterocycles. The first kappa shape index (κ1) is 19.7. The fraction of sp³-hybridized carbons (Fsp3) is 0.381. The van der Waals surface area contributed by atoms with Crippen molar-refractivity contribution < 1.29 is 23.9 Å². The van der Waals surface area contributed by atoms with Crippen LogP contribution in [0, 0.1) is 5.92 Å². The molecule has 0 radical (unpaired) electrons. The highest BCUT2D eigenvalue weighted by atomic mass is 16.5. The third kappa shape index (κ3) is 4.79. The number of hydrogen-bond donors (Lipinski definition) is 0. The minimum absolute atomic E-state index is 0.164. The molecule has 1 aromatic carbocycles. The number of rotatable bonds is 6. The Labute approximate surface area is 163 Å². The van der Waals surface area contributed by atoms with Crippen molar-refractivity contribution in [3.05, 3.63) is 54.4 Å². The molecule has 1 aliphatic heterocycles. The predicted octanol–water partition coefficient (Wildman–Crippen LogP) is 2.44. The number of hydrogen-bond acceptors (Lipinski definition) is 5. The molecule has 0 unspecified atom stereocenters. The Morgan fingerprint density at radius 1 is 1.04 bits per heavy atom. The van der Waals surface area contributed by atoms with Crippen molar-refractivity contribution in [2.75, 3.05) is 26.3 Å². The summed E-state index contributed by atoms with van der Waals surface area (Å²) in [4.78, 5) is 38.0. The van der Waals surface area contributed by atoms with Gasteiger partial charge in [-0.15, -0.1) is 0 Å². The maximum Gasteiger partial charge on any atom is 0.338 e. The normalized spacial score (nSPS) is 14.5. The molecule has 0 spiro atoms. The molecule has 0 bridgehead atoms. The summed E-state index contributed by atoms with van der Waals surface area (Å²) in [6.45, 7) is 2.75. The quantitative estimate of drug-likeness (QED) is 0.715. The number of piperidine rings is 1. The van der Waals surface area contributed by atoms with Crippen LogP contribution in [0.1, 0.15) is 30.1 Å². The average molecular weight is 384 g/mol. The maximum atomic E-state index is 12.3. The van der Waals surface area contributed by atoms with Gasteiger partial charge in [0.05, 0.1) is 18.1 Å². The number of esters is 2. The molecule has 1 amide bonds. The molecular formula is C21H24N2O5. The second kappa shape index (κ2) is 9.21. The van der Waals surface area contributed by atoms with Gasteiger partial charge in [0.1, 0.15) is 0 Å². The minimum Gasteiger partial charge on any atom is -0.466 e. The lowest BCUT2D eigenvalue weighted by molar-refractivity contribution is -0.151. The van der Waals surface area contributed by atoms with Crippen molar-refractivity contribution in [2.24, 2.45) is 5.92 Å². The number of aromatic nitrogens is 1. The van der Waals surface area contributed by atoms with E-state index in [1.165, 1.54) is 0 Å². The van der Waals surface area contributed by atoms with Crippen LogP contribution in [0.25, 0.3) is 5.69 Å². The Balaban J connectivity index is 1.49. The molecule has 7 heteroatoms. The van der Waals surface area contributed by atoms with Crippen LogP contribution in [0.2, 0.25) is 0 Å². The van der Waals surface area contributed by atoms with Crippen LogP contribution in [0.5, 0.6) is 0 Å². The van der Waals surface area contributed by atoms with E-state index in [4.69, 9.17) is 9.47 Å². The van der Waals surface area contributed by atoms with E-state index in [2.05, 4.69) is 0 Å². The number of carbonyl (C=O) groups is 3. The summed E-state index contributed by atoms with van der Waals surface area (Å²) in [7, 11) is 0. The van der Waals surface area contributed by atoms with Crippen molar-refractivity contribution in [2.45, 2.75) is 19.8 Å². The van der Waals surface area contributed by atoms with Crippen LogP contribution in [-0.2, 0) is 19.1 Å². The highest BCUT2D eigenvalue weighted by Gasteiger charge is 2.28. The SMILES string of the molecule is CCOC(=O)C1CCN(C(=O)COC(=O)c2cccc(-n3cccc3)c2)CC1. The van der Waals surface area contributed by atoms with Gasteiger partial charge in [0, 0.05) is 31.2 Å². The standard InChI is InChI=1S/C21H24N2O5/c1-2-27-20(25)16-8-12-23(13-9-16)19(24)15-28-21(26)17-6-5-7-18(14-17)22-10-3-4-11-22/h3-7,10-11,14,16H,2,8-9,12-13,15H2,1H3. The first-order chi connectivity index (χ1) is 13.6. The zero-order valence-corrected chi connectivity index (χ0v) is 15.9. The van der Waals surface area contributed by atoms with Crippen LogP contribution < -0.4 is 0 Å². The van der Waals surface area contributed by atoms with Gasteiger partial charge in [-0.3, -0.25) is 9.59 Å². The van der Waals surface area contributed by atoms with Gasteiger partial charge in [0.25, 0.3) is 5.91 Å². The fourth-order valence-corrected chi connectivity index (χ4v) is 3.23. The van der Waals surface area contributed by atoms with Crippen molar-refractivity contribution >= 4 is 17.8 Å². The number of carbonyl (C=O) groups excluding carboxylic acids is 3. The van der Waals surface area contributed by atoms with Gasteiger partial charge in [-0.2, -0.15) is 0 Å². The third-order valence-electron chi connectivity index (χ3n) is 4.78. The summed E-state index contributed by atoms with van der Waals surface area (Å²) in [6, 6.07) is 10.8. The smallest absolute Gasteiger partial charge is 0.338 e. The van der Waals surface area contributed by atoms with E-state index in [1.54, 1.807) is 30.0 Å².